The largest absolute Gasteiger partial charge is 0.467 e. The molecule has 0 spiro atoms. The SMILES string of the molecule is COC(=O)C(O)C(O)c1ccc([N+](=O)[O-])c(C)c1. The van der Waals surface area contributed by atoms with Crippen LogP contribution in [-0.2, 0) is 9.53 Å². The molecular weight excluding hydrogens is 242 g/mol. The Kier molecular flexibility index (Phi) is 4.35. The first-order valence-corrected chi connectivity index (χ1v) is 5.07. The lowest BCUT2D eigenvalue weighted by atomic mass is 10.0. The van der Waals surface area contributed by atoms with Crippen LogP contribution in [0.25, 0.3) is 0 Å². The van der Waals surface area contributed by atoms with Crippen molar-refractivity contribution in [2.45, 2.75) is 19.1 Å². The second-order valence-corrected chi connectivity index (χ2v) is 3.72. The lowest BCUT2D eigenvalue weighted by Crippen LogP contribution is -2.29. The first-order valence-electron chi connectivity index (χ1n) is 5.07. The van der Waals surface area contributed by atoms with Gasteiger partial charge in [-0.25, -0.2) is 4.79 Å². The molecule has 0 aromatic heterocycles. The molecule has 0 aliphatic carbocycles. The fraction of sp³-hybridized carbons (Fsp3) is 0.364. The Balaban J connectivity index is 3.01. The number of methoxy groups -OCH3 is 1. The number of esters is 1. The lowest BCUT2D eigenvalue weighted by molar-refractivity contribution is -0.385. The molecule has 0 aliphatic rings. The summed E-state index contributed by atoms with van der Waals surface area (Å²) in [5, 5.41) is 29.8. The van der Waals surface area contributed by atoms with Gasteiger partial charge >= 0.3 is 5.97 Å². The molecule has 0 amide bonds. The Hall–Kier alpha value is -1.99. The van der Waals surface area contributed by atoms with Gasteiger partial charge in [0.25, 0.3) is 5.69 Å². The fourth-order valence-electron chi connectivity index (χ4n) is 1.50. The van der Waals surface area contributed by atoms with Gasteiger partial charge < -0.3 is 14.9 Å². The van der Waals surface area contributed by atoms with E-state index >= 15 is 0 Å². The van der Waals surface area contributed by atoms with Crippen molar-refractivity contribution in [2.24, 2.45) is 0 Å². The molecule has 1 aromatic rings. The molecule has 0 saturated carbocycles. The van der Waals surface area contributed by atoms with E-state index in [9.17, 15) is 25.1 Å². The van der Waals surface area contributed by atoms with Gasteiger partial charge in [-0.05, 0) is 24.6 Å². The zero-order chi connectivity index (χ0) is 13.9. The summed E-state index contributed by atoms with van der Waals surface area (Å²) >= 11 is 0. The fourth-order valence-corrected chi connectivity index (χ4v) is 1.50. The van der Waals surface area contributed by atoms with Gasteiger partial charge in [-0.1, -0.05) is 0 Å². The third-order valence-corrected chi connectivity index (χ3v) is 2.50. The molecule has 2 unspecified atom stereocenters. The highest BCUT2D eigenvalue weighted by Crippen LogP contribution is 2.24. The van der Waals surface area contributed by atoms with Crippen molar-refractivity contribution in [3.05, 3.63) is 39.4 Å². The molecule has 18 heavy (non-hydrogen) atoms. The summed E-state index contributed by atoms with van der Waals surface area (Å²) in [6.07, 6.45) is -3.21. The quantitative estimate of drug-likeness (QED) is 0.459. The monoisotopic (exact) mass is 255 g/mol. The van der Waals surface area contributed by atoms with Crippen LogP contribution in [0.2, 0.25) is 0 Å². The van der Waals surface area contributed by atoms with E-state index in [2.05, 4.69) is 4.74 Å². The van der Waals surface area contributed by atoms with Gasteiger partial charge in [0.15, 0.2) is 6.10 Å². The van der Waals surface area contributed by atoms with Crippen molar-refractivity contribution in [1.29, 1.82) is 0 Å². The molecule has 0 aliphatic heterocycles. The van der Waals surface area contributed by atoms with E-state index in [1.54, 1.807) is 0 Å². The van der Waals surface area contributed by atoms with Crippen LogP contribution in [0.5, 0.6) is 0 Å². The first-order chi connectivity index (χ1) is 8.38. The topological polar surface area (TPSA) is 110 Å². The number of benzene rings is 1. The smallest absolute Gasteiger partial charge is 0.337 e. The highest BCUT2D eigenvalue weighted by atomic mass is 16.6. The molecule has 2 N–H and O–H groups in total. The summed E-state index contributed by atoms with van der Waals surface area (Å²) in [5.41, 5.74) is 0.433. The third kappa shape index (κ3) is 2.82. The van der Waals surface area contributed by atoms with E-state index in [-0.39, 0.29) is 11.3 Å². The Labute approximate surface area is 103 Å². The van der Waals surface area contributed by atoms with Crippen LogP contribution in [0.1, 0.15) is 17.2 Å². The van der Waals surface area contributed by atoms with Crippen LogP contribution in [0, 0.1) is 17.0 Å². The van der Waals surface area contributed by atoms with Gasteiger partial charge in [-0.3, -0.25) is 10.1 Å². The normalized spacial score (nSPS) is 13.8. The van der Waals surface area contributed by atoms with Gasteiger partial charge in [-0.15, -0.1) is 0 Å². The van der Waals surface area contributed by atoms with Crippen molar-refractivity contribution in [3.8, 4) is 0 Å². The number of aliphatic hydroxyl groups is 2. The van der Waals surface area contributed by atoms with Crippen LogP contribution >= 0.6 is 0 Å². The Morgan fingerprint density at radius 1 is 1.44 bits per heavy atom. The number of carbonyl (C=O) groups excluding carboxylic acids is 1. The molecule has 0 bridgehead atoms. The number of nitrogens with zero attached hydrogens (tertiary/aromatic N) is 1. The molecule has 0 saturated heterocycles. The minimum atomic E-state index is -1.73. The molecule has 2 atom stereocenters. The number of hydrogen-bond acceptors (Lipinski definition) is 6. The highest BCUT2D eigenvalue weighted by Gasteiger charge is 2.27. The van der Waals surface area contributed by atoms with E-state index < -0.39 is 23.1 Å². The van der Waals surface area contributed by atoms with Gasteiger partial charge in [0, 0.05) is 11.6 Å². The molecule has 98 valence electrons. The molecule has 0 heterocycles. The standard InChI is InChI=1S/C11H13NO6/c1-6-5-7(3-4-8(6)12(16)17)9(13)10(14)11(15)18-2/h3-5,9-10,13-14H,1-2H3. The van der Waals surface area contributed by atoms with Crippen LogP contribution in [0.4, 0.5) is 5.69 Å². The lowest BCUT2D eigenvalue weighted by Gasteiger charge is -2.16. The van der Waals surface area contributed by atoms with Crippen molar-refractivity contribution in [3.63, 3.8) is 0 Å². The third-order valence-electron chi connectivity index (χ3n) is 2.50. The average Bonchev–Trinajstić information content (AvgIpc) is 2.35. The Bertz CT molecular complexity index is 473. The summed E-state index contributed by atoms with van der Waals surface area (Å²) in [6, 6.07) is 3.83. The van der Waals surface area contributed by atoms with Crippen molar-refractivity contribution in [1.82, 2.24) is 0 Å². The van der Waals surface area contributed by atoms with Crippen LogP contribution < -0.4 is 0 Å². The predicted molar refractivity (Wildman–Crippen MR) is 60.8 cm³/mol. The minimum absolute atomic E-state index is 0.0986. The number of hydrogen-bond donors (Lipinski definition) is 2. The minimum Gasteiger partial charge on any atom is -0.467 e. The van der Waals surface area contributed by atoms with Gasteiger partial charge in [0.05, 0.1) is 12.0 Å². The summed E-state index contributed by atoms with van der Waals surface area (Å²) in [6.45, 7) is 1.50. The highest BCUT2D eigenvalue weighted by molar-refractivity contribution is 5.75. The van der Waals surface area contributed by atoms with Crippen molar-refractivity contribution in [2.75, 3.05) is 7.11 Å². The summed E-state index contributed by atoms with van der Waals surface area (Å²) in [5.74, 6) is -0.974. The molecule has 1 aromatic carbocycles. The number of nitro groups is 1. The maximum atomic E-state index is 11.0. The Morgan fingerprint density at radius 2 is 2.06 bits per heavy atom. The van der Waals surface area contributed by atoms with Crippen LogP contribution in [-0.4, -0.2) is 34.3 Å². The molecule has 7 nitrogen and oxygen atoms in total. The summed E-state index contributed by atoms with van der Waals surface area (Å²) in [4.78, 5) is 21.1. The molecule has 7 heteroatoms. The van der Waals surface area contributed by atoms with E-state index in [1.165, 1.54) is 25.1 Å². The van der Waals surface area contributed by atoms with E-state index in [0.717, 1.165) is 7.11 Å². The second kappa shape index (κ2) is 5.56. The average molecular weight is 255 g/mol. The van der Waals surface area contributed by atoms with Gasteiger partial charge in [0.1, 0.15) is 6.10 Å². The zero-order valence-corrected chi connectivity index (χ0v) is 9.86. The second-order valence-electron chi connectivity index (χ2n) is 3.72. The molecular formula is C11H13NO6. The predicted octanol–water partition coefficient (Wildman–Crippen LogP) is 0.471. The van der Waals surface area contributed by atoms with E-state index in [4.69, 9.17) is 0 Å². The summed E-state index contributed by atoms with van der Waals surface area (Å²) < 4.78 is 4.29. The number of nitro benzene ring substituents is 1. The van der Waals surface area contributed by atoms with Crippen LogP contribution in [0.15, 0.2) is 18.2 Å². The van der Waals surface area contributed by atoms with Gasteiger partial charge in [0.2, 0.25) is 0 Å². The maximum Gasteiger partial charge on any atom is 0.337 e. The molecule has 0 fully saturated rings. The first kappa shape index (κ1) is 14.1. The van der Waals surface area contributed by atoms with E-state index in [0.29, 0.717) is 5.56 Å². The number of ether oxygens (including phenoxy) is 1. The van der Waals surface area contributed by atoms with Crippen molar-refractivity contribution < 1.29 is 24.7 Å². The number of rotatable bonds is 4. The number of aryl methyl sites for hydroxylation is 1. The van der Waals surface area contributed by atoms with E-state index in [1.807, 2.05) is 0 Å². The zero-order valence-electron chi connectivity index (χ0n) is 9.86. The molecule has 0 radical (unpaired) electrons. The van der Waals surface area contributed by atoms with Crippen molar-refractivity contribution >= 4 is 11.7 Å². The van der Waals surface area contributed by atoms with Gasteiger partial charge in [-0.2, -0.15) is 0 Å². The number of carbonyl (C=O) groups is 1. The number of aliphatic hydroxyl groups excluding tert-OH is 2. The summed E-state index contributed by atoms with van der Waals surface area (Å²) in [7, 11) is 1.08. The Morgan fingerprint density at radius 3 is 2.50 bits per heavy atom. The van der Waals surface area contributed by atoms with Crippen LogP contribution in [0.3, 0.4) is 0 Å². The maximum absolute atomic E-state index is 11.0. The molecule has 1 rings (SSSR count).